The summed E-state index contributed by atoms with van der Waals surface area (Å²) in [7, 11) is 0. The largest absolute Gasteiger partial charge is 0.481 e. The second kappa shape index (κ2) is 6.84. The zero-order valence-corrected chi connectivity index (χ0v) is 13.4. The monoisotopic (exact) mass is 319 g/mol. The maximum atomic E-state index is 10.8. The predicted octanol–water partition coefficient (Wildman–Crippen LogP) is 1.35. The van der Waals surface area contributed by atoms with Crippen LogP contribution in [0.25, 0.3) is 0 Å². The van der Waals surface area contributed by atoms with E-state index in [0.29, 0.717) is 18.9 Å². The highest BCUT2D eigenvalue weighted by Gasteiger charge is 2.37. The first kappa shape index (κ1) is 16.2. The van der Waals surface area contributed by atoms with Gasteiger partial charge in [-0.05, 0) is 37.8 Å². The summed E-state index contributed by atoms with van der Waals surface area (Å²) < 4.78 is 0. The van der Waals surface area contributed by atoms with Crippen molar-refractivity contribution in [1.29, 1.82) is 0 Å². The minimum absolute atomic E-state index is 0.129. The molecule has 1 aliphatic carbocycles. The average Bonchev–Trinajstić information content (AvgIpc) is 2.56. The smallest absolute Gasteiger partial charge is 0.306 e. The van der Waals surface area contributed by atoms with Gasteiger partial charge in [-0.2, -0.15) is 0 Å². The third-order valence-corrected chi connectivity index (χ3v) is 5.22. The lowest BCUT2D eigenvalue weighted by molar-refractivity contribution is -0.144. The Morgan fingerprint density at radius 1 is 1.17 bits per heavy atom. The van der Waals surface area contributed by atoms with Crippen LogP contribution in [-0.2, 0) is 4.79 Å². The molecule has 1 aromatic heterocycles. The Labute approximate surface area is 136 Å². The molecule has 1 saturated carbocycles. The summed E-state index contributed by atoms with van der Waals surface area (Å²) in [5.41, 5.74) is 0.223. The third kappa shape index (κ3) is 4.00. The summed E-state index contributed by atoms with van der Waals surface area (Å²) in [6.07, 6.45) is 6.48. The van der Waals surface area contributed by atoms with Crippen LogP contribution in [0.4, 0.5) is 5.69 Å². The molecule has 126 valence electrons. The summed E-state index contributed by atoms with van der Waals surface area (Å²) in [4.78, 5) is 19.8. The van der Waals surface area contributed by atoms with E-state index in [2.05, 4.69) is 14.8 Å². The number of hydrogen-bond donors (Lipinski definition) is 2. The molecule has 0 bridgehead atoms. The highest BCUT2D eigenvalue weighted by Crippen LogP contribution is 2.33. The Balaban J connectivity index is 1.49. The molecule has 3 rings (SSSR count). The molecule has 0 unspecified atom stereocenters. The number of piperazine rings is 1. The number of hydrogen-bond acceptors (Lipinski definition) is 5. The number of anilines is 1. The van der Waals surface area contributed by atoms with Gasteiger partial charge < -0.3 is 15.1 Å². The maximum Gasteiger partial charge on any atom is 0.306 e. The van der Waals surface area contributed by atoms with Crippen LogP contribution in [0.5, 0.6) is 0 Å². The normalized spacial score (nSPS) is 29.4. The van der Waals surface area contributed by atoms with Crippen molar-refractivity contribution in [3.8, 4) is 0 Å². The number of aromatic nitrogens is 1. The fraction of sp³-hybridized carbons (Fsp3) is 0.647. The molecule has 6 nitrogen and oxygen atoms in total. The van der Waals surface area contributed by atoms with Crippen LogP contribution in [0.2, 0.25) is 0 Å². The lowest BCUT2D eigenvalue weighted by atomic mass is 9.79. The third-order valence-electron chi connectivity index (χ3n) is 5.22. The van der Waals surface area contributed by atoms with Gasteiger partial charge in [0.2, 0.25) is 0 Å². The van der Waals surface area contributed by atoms with Crippen molar-refractivity contribution in [2.75, 3.05) is 31.1 Å². The van der Waals surface area contributed by atoms with Crippen molar-refractivity contribution in [3.05, 3.63) is 24.5 Å². The van der Waals surface area contributed by atoms with Gasteiger partial charge in [0.1, 0.15) is 0 Å². The number of carboxylic acids is 1. The van der Waals surface area contributed by atoms with E-state index < -0.39 is 11.6 Å². The summed E-state index contributed by atoms with van der Waals surface area (Å²) in [5.74, 6) is -0.906. The van der Waals surface area contributed by atoms with E-state index in [1.807, 2.05) is 24.5 Å². The first-order valence-electron chi connectivity index (χ1n) is 8.39. The van der Waals surface area contributed by atoms with Crippen molar-refractivity contribution in [2.45, 2.75) is 43.7 Å². The minimum atomic E-state index is -0.999. The number of aliphatic hydroxyl groups is 1. The molecule has 2 heterocycles. The molecular weight excluding hydrogens is 294 g/mol. The van der Waals surface area contributed by atoms with Gasteiger partial charge in [-0.1, -0.05) is 0 Å². The lowest BCUT2D eigenvalue weighted by Gasteiger charge is -2.44. The van der Waals surface area contributed by atoms with Crippen LogP contribution in [0.1, 0.15) is 32.1 Å². The molecule has 0 spiro atoms. The van der Waals surface area contributed by atoms with Crippen LogP contribution in [0, 0.1) is 0 Å². The molecule has 1 saturated heterocycles. The second-order valence-corrected chi connectivity index (χ2v) is 6.75. The van der Waals surface area contributed by atoms with E-state index in [-0.39, 0.29) is 6.42 Å². The van der Waals surface area contributed by atoms with Crippen molar-refractivity contribution in [1.82, 2.24) is 9.88 Å². The van der Waals surface area contributed by atoms with E-state index in [1.54, 1.807) is 0 Å². The Bertz CT molecular complexity index is 521. The summed E-state index contributed by atoms with van der Waals surface area (Å²) >= 11 is 0. The van der Waals surface area contributed by atoms with Gasteiger partial charge in [0, 0.05) is 50.3 Å². The fourth-order valence-corrected chi connectivity index (χ4v) is 3.86. The summed E-state index contributed by atoms with van der Waals surface area (Å²) in [6, 6.07) is 4.56. The average molecular weight is 319 g/mol. The molecule has 1 aliphatic heterocycles. The summed E-state index contributed by atoms with van der Waals surface area (Å²) in [5, 5.41) is 19.2. The number of carbonyl (C=O) groups is 1. The van der Waals surface area contributed by atoms with Crippen molar-refractivity contribution in [2.24, 2.45) is 0 Å². The van der Waals surface area contributed by atoms with Crippen LogP contribution in [-0.4, -0.2) is 63.9 Å². The zero-order valence-electron chi connectivity index (χ0n) is 13.4. The topological polar surface area (TPSA) is 76.9 Å². The molecule has 0 aromatic carbocycles. The van der Waals surface area contributed by atoms with Gasteiger partial charge >= 0.3 is 5.97 Å². The molecule has 6 heteroatoms. The predicted molar refractivity (Wildman–Crippen MR) is 87.5 cm³/mol. The Kier molecular flexibility index (Phi) is 4.82. The van der Waals surface area contributed by atoms with Crippen LogP contribution < -0.4 is 4.90 Å². The Morgan fingerprint density at radius 3 is 2.35 bits per heavy atom. The van der Waals surface area contributed by atoms with Crippen molar-refractivity contribution in [3.63, 3.8) is 0 Å². The van der Waals surface area contributed by atoms with Crippen molar-refractivity contribution < 1.29 is 15.0 Å². The molecular formula is C17H25N3O3. The molecule has 0 atom stereocenters. The van der Waals surface area contributed by atoms with Crippen LogP contribution >= 0.6 is 0 Å². The van der Waals surface area contributed by atoms with E-state index in [4.69, 9.17) is 5.11 Å². The van der Waals surface area contributed by atoms with E-state index in [0.717, 1.165) is 39.0 Å². The number of rotatable bonds is 4. The standard InChI is InChI=1S/C17H25N3O3/c21-16(22)13-17(23)5-1-14(2-6-17)19-9-11-20(12-10-19)15-3-7-18-8-4-15/h3-4,7-8,14,23H,1-2,5-6,9-13H2,(H,21,22). The molecule has 0 radical (unpaired) electrons. The quantitative estimate of drug-likeness (QED) is 0.872. The fourth-order valence-electron chi connectivity index (χ4n) is 3.86. The number of pyridine rings is 1. The molecule has 1 aromatic rings. The molecule has 0 amide bonds. The maximum absolute atomic E-state index is 10.8. The second-order valence-electron chi connectivity index (χ2n) is 6.75. The SMILES string of the molecule is O=C(O)CC1(O)CCC(N2CCN(c3ccncc3)CC2)CC1. The number of nitrogens with zero attached hydrogens (tertiary/aromatic N) is 3. The molecule has 2 N–H and O–H groups in total. The first-order chi connectivity index (χ1) is 11.1. The Morgan fingerprint density at radius 2 is 1.78 bits per heavy atom. The van der Waals surface area contributed by atoms with Gasteiger partial charge in [-0.15, -0.1) is 0 Å². The molecule has 23 heavy (non-hydrogen) atoms. The number of carboxylic acid groups (broad SMARTS) is 1. The minimum Gasteiger partial charge on any atom is -0.481 e. The number of aliphatic carboxylic acids is 1. The highest BCUT2D eigenvalue weighted by molar-refractivity contribution is 5.68. The zero-order chi connectivity index (χ0) is 16.3. The highest BCUT2D eigenvalue weighted by atomic mass is 16.4. The van der Waals surface area contributed by atoms with Gasteiger partial charge in [0.15, 0.2) is 0 Å². The summed E-state index contributed by atoms with van der Waals surface area (Å²) in [6.45, 7) is 4.04. The van der Waals surface area contributed by atoms with E-state index in [9.17, 15) is 9.90 Å². The first-order valence-corrected chi connectivity index (χ1v) is 8.39. The Hall–Kier alpha value is -1.66. The van der Waals surface area contributed by atoms with Gasteiger partial charge in [0.05, 0.1) is 12.0 Å². The van der Waals surface area contributed by atoms with Gasteiger partial charge in [-0.3, -0.25) is 14.7 Å². The molecule has 2 fully saturated rings. The van der Waals surface area contributed by atoms with E-state index >= 15 is 0 Å². The van der Waals surface area contributed by atoms with Crippen LogP contribution in [0.3, 0.4) is 0 Å². The van der Waals surface area contributed by atoms with E-state index in [1.165, 1.54) is 5.69 Å². The lowest BCUT2D eigenvalue weighted by Crippen LogP contribution is -2.52. The molecule has 2 aliphatic rings. The van der Waals surface area contributed by atoms with Gasteiger partial charge in [-0.25, -0.2) is 0 Å². The van der Waals surface area contributed by atoms with Gasteiger partial charge in [0.25, 0.3) is 0 Å². The van der Waals surface area contributed by atoms with Crippen molar-refractivity contribution >= 4 is 11.7 Å². The van der Waals surface area contributed by atoms with Crippen LogP contribution in [0.15, 0.2) is 24.5 Å².